The Morgan fingerprint density at radius 2 is 1.53 bits per heavy atom. The van der Waals surface area contributed by atoms with Crippen LogP contribution in [0.2, 0.25) is 0 Å². The quantitative estimate of drug-likeness (QED) is 0.633. The highest BCUT2D eigenvalue weighted by Crippen LogP contribution is 2.60. The first-order valence-corrected chi connectivity index (χ1v) is 11.8. The third kappa shape index (κ3) is 3.98. The van der Waals surface area contributed by atoms with Gasteiger partial charge in [-0.2, -0.15) is 0 Å². The third-order valence-corrected chi connectivity index (χ3v) is 7.82. The maximum absolute atomic E-state index is 13.0. The van der Waals surface area contributed by atoms with E-state index < -0.39 is 11.9 Å². The molecule has 4 aliphatic carbocycles. The van der Waals surface area contributed by atoms with Crippen LogP contribution < -0.4 is 16.2 Å². The van der Waals surface area contributed by atoms with Crippen LogP contribution in [-0.4, -0.2) is 23.8 Å². The lowest BCUT2D eigenvalue weighted by atomic mass is 9.49. The minimum absolute atomic E-state index is 0.0563. The summed E-state index contributed by atoms with van der Waals surface area (Å²) in [5, 5.41) is 4.86. The van der Waals surface area contributed by atoms with E-state index >= 15 is 0 Å². The smallest absolute Gasteiger partial charge is 0.260 e. The van der Waals surface area contributed by atoms with Gasteiger partial charge in [0.15, 0.2) is 0 Å². The van der Waals surface area contributed by atoms with E-state index in [1.54, 1.807) is 6.92 Å². The largest absolute Gasteiger partial charge is 0.344 e. The number of amides is 3. The second-order valence-corrected chi connectivity index (χ2v) is 10.2. The van der Waals surface area contributed by atoms with Crippen LogP contribution in [0.5, 0.6) is 0 Å². The number of rotatable bonds is 5. The molecule has 168 valence electrons. The molecule has 2 aromatic rings. The van der Waals surface area contributed by atoms with Crippen molar-refractivity contribution in [3.05, 3.63) is 48.0 Å². The summed E-state index contributed by atoms with van der Waals surface area (Å²) in [4.78, 5) is 38.1. The van der Waals surface area contributed by atoms with Gasteiger partial charge >= 0.3 is 0 Å². The highest BCUT2D eigenvalue weighted by molar-refractivity contribution is 5.93. The van der Waals surface area contributed by atoms with E-state index in [0.29, 0.717) is 17.8 Å². The van der Waals surface area contributed by atoms with Gasteiger partial charge in [0.2, 0.25) is 11.8 Å². The van der Waals surface area contributed by atoms with E-state index in [1.165, 1.54) is 19.3 Å². The molecule has 0 aliphatic heterocycles. The highest BCUT2D eigenvalue weighted by atomic mass is 16.2. The van der Waals surface area contributed by atoms with Gasteiger partial charge in [-0.3, -0.25) is 25.2 Å². The number of carbonyl (C=O) groups is 3. The van der Waals surface area contributed by atoms with Gasteiger partial charge in [-0.15, -0.1) is 0 Å². The number of hydrogen-bond donors (Lipinski definition) is 3. The van der Waals surface area contributed by atoms with Crippen LogP contribution in [0.4, 0.5) is 0 Å². The van der Waals surface area contributed by atoms with Crippen LogP contribution in [0.1, 0.15) is 51.0 Å². The third-order valence-electron chi connectivity index (χ3n) is 7.82. The average molecular weight is 434 g/mol. The molecule has 6 rings (SSSR count). The van der Waals surface area contributed by atoms with Crippen molar-refractivity contribution in [2.24, 2.45) is 23.2 Å². The molecule has 0 saturated heterocycles. The van der Waals surface area contributed by atoms with Gasteiger partial charge in [0.05, 0.1) is 11.8 Å². The van der Waals surface area contributed by atoms with Crippen molar-refractivity contribution in [2.75, 3.05) is 0 Å². The molecule has 4 bridgehead atoms. The first kappa shape index (κ1) is 21.0. The van der Waals surface area contributed by atoms with Crippen molar-refractivity contribution >= 4 is 28.5 Å². The molecule has 32 heavy (non-hydrogen) atoms. The zero-order valence-electron chi connectivity index (χ0n) is 18.5. The number of hydrogen-bond acceptors (Lipinski definition) is 3. The van der Waals surface area contributed by atoms with Crippen LogP contribution in [-0.2, 0) is 20.8 Å². The first-order chi connectivity index (χ1) is 15.4. The molecule has 1 atom stereocenters. The second kappa shape index (κ2) is 8.23. The second-order valence-electron chi connectivity index (χ2n) is 10.2. The fraction of sp³-hybridized carbons (Fsp3) is 0.500. The van der Waals surface area contributed by atoms with Gasteiger partial charge in [-0.05, 0) is 79.5 Å². The lowest BCUT2D eigenvalue weighted by Crippen LogP contribution is -2.58. The van der Waals surface area contributed by atoms with E-state index in [0.717, 1.165) is 35.6 Å². The number of benzene rings is 2. The summed E-state index contributed by atoms with van der Waals surface area (Å²) in [6.07, 6.45) is 6.81. The molecule has 3 amide bonds. The fourth-order valence-electron chi connectivity index (χ4n) is 6.73. The van der Waals surface area contributed by atoms with E-state index in [4.69, 9.17) is 0 Å². The van der Waals surface area contributed by atoms with Crippen molar-refractivity contribution < 1.29 is 14.4 Å². The Labute approximate surface area is 188 Å². The van der Waals surface area contributed by atoms with Crippen LogP contribution in [0, 0.1) is 23.2 Å². The summed E-state index contributed by atoms with van der Waals surface area (Å²) in [6, 6.07) is 13.1. The molecular formula is C26H31N3O3. The fourth-order valence-corrected chi connectivity index (χ4v) is 6.73. The Morgan fingerprint density at radius 1 is 0.906 bits per heavy atom. The molecule has 2 aromatic carbocycles. The van der Waals surface area contributed by atoms with Crippen molar-refractivity contribution in [3.63, 3.8) is 0 Å². The normalized spacial score (nSPS) is 28.8. The van der Waals surface area contributed by atoms with Gasteiger partial charge < -0.3 is 5.32 Å². The number of fused-ring (bicyclic) bond motifs is 1. The first-order valence-electron chi connectivity index (χ1n) is 11.8. The van der Waals surface area contributed by atoms with Gasteiger partial charge in [0, 0.05) is 0 Å². The maximum Gasteiger partial charge on any atom is 0.260 e. The molecule has 4 saturated carbocycles. The molecule has 3 N–H and O–H groups in total. The minimum atomic E-state index is -0.742. The molecule has 0 radical (unpaired) electrons. The molecule has 6 heteroatoms. The molecule has 4 fully saturated rings. The molecule has 0 heterocycles. The molecule has 0 aromatic heterocycles. The predicted molar refractivity (Wildman–Crippen MR) is 122 cm³/mol. The summed E-state index contributed by atoms with van der Waals surface area (Å²) in [7, 11) is 0. The number of carbonyl (C=O) groups excluding carboxylic acids is 3. The van der Waals surface area contributed by atoms with Crippen molar-refractivity contribution in [1.82, 2.24) is 16.2 Å². The number of nitrogens with one attached hydrogen (secondary N) is 3. The lowest BCUT2D eigenvalue weighted by Gasteiger charge is -2.55. The minimum Gasteiger partial charge on any atom is -0.344 e. The number of hydrazine groups is 1. The van der Waals surface area contributed by atoms with E-state index in [9.17, 15) is 14.4 Å². The topological polar surface area (TPSA) is 87.3 Å². The van der Waals surface area contributed by atoms with Gasteiger partial charge in [-0.25, -0.2) is 0 Å². The van der Waals surface area contributed by atoms with E-state index in [-0.39, 0.29) is 23.7 Å². The molecule has 0 unspecified atom stereocenters. The van der Waals surface area contributed by atoms with Gasteiger partial charge in [-0.1, -0.05) is 42.5 Å². The van der Waals surface area contributed by atoms with Crippen LogP contribution in [0.25, 0.3) is 10.8 Å². The van der Waals surface area contributed by atoms with Crippen LogP contribution in [0.15, 0.2) is 42.5 Å². The zero-order chi connectivity index (χ0) is 22.3. The lowest BCUT2D eigenvalue weighted by molar-refractivity contribution is -0.149. The summed E-state index contributed by atoms with van der Waals surface area (Å²) in [5.74, 6) is 1.30. The van der Waals surface area contributed by atoms with Crippen molar-refractivity contribution in [1.29, 1.82) is 0 Å². The summed E-state index contributed by atoms with van der Waals surface area (Å²) >= 11 is 0. The van der Waals surface area contributed by atoms with Gasteiger partial charge in [0.1, 0.15) is 6.04 Å². The summed E-state index contributed by atoms with van der Waals surface area (Å²) < 4.78 is 0. The summed E-state index contributed by atoms with van der Waals surface area (Å²) in [6.45, 7) is 1.63. The Bertz CT molecular complexity index is 1020. The molecule has 4 aliphatic rings. The standard InChI is InChI=1S/C26H31N3O3/c1-16(27-23(30)12-21-7-4-6-20-5-2-3-8-22(20)21)24(31)28-29-25(32)26-13-17-9-18(14-26)11-19(10-17)15-26/h2-8,16-19H,9-15H2,1H3,(H,27,30)(H,28,31)(H,29,32)/t16-,17?,18?,19?,26?/m0/s1. The predicted octanol–water partition coefficient (Wildman–Crippen LogP) is 3.25. The Hall–Kier alpha value is -2.89. The van der Waals surface area contributed by atoms with Crippen LogP contribution in [0.3, 0.4) is 0 Å². The van der Waals surface area contributed by atoms with E-state index in [2.05, 4.69) is 16.2 Å². The van der Waals surface area contributed by atoms with Gasteiger partial charge in [0.25, 0.3) is 5.91 Å². The van der Waals surface area contributed by atoms with Crippen molar-refractivity contribution in [3.8, 4) is 0 Å². The molecule has 0 spiro atoms. The van der Waals surface area contributed by atoms with Crippen LogP contribution >= 0.6 is 0 Å². The zero-order valence-corrected chi connectivity index (χ0v) is 18.5. The SMILES string of the molecule is C[C@H](NC(=O)Cc1cccc2ccccc12)C(=O)NNC(=O)C12CC3CC(CC(C3)C1)C2. The summed E-state index contributed by atoms with van der Waals surface area (Å²) in [5.41, 5.74) is 5.83. The van der Waals surface area contributed by atoms with E-state index in [1.807, 2.05) is 42.5 Å². The highest BCUT2D eigenvalue weighted by Gasteiger charge is 2.54. The Kier molecular flexibility index (Phi) is 5.39. The Morgan fingerprint density at radius 3 is 2.22 bits per heavy atom. The maximum atomic E-state index is 13.0. The molecule has 6 nitrogen and oxygen atoms in total. The molecular weight excluding hydrogens is 402 g/mol. The van der Waals surface area contributed by atoms with Crippen molar-refractivity contribution in [2.45, 2.75) is 57.9 Å². The average Bonchev–Trinajstić information content (AvgIpc) is 2.76. The Balaban J connectivity index is 1.14. The monoisotopic (exact) mass is 433 g/mol.